The fourth-order valence-electron chi connectivity index (χ4n) is 1.52. The van der Waals surface area contributed by atoms with Gasteiger partial charge in [0.1, 0.15) is 0 Å². The van der Waals surface area contributed by atoms with Crippen LogP contribution in [0.5, 0.6) is 0 Å². The van der Waals surface area contributed by atoms with Crippen LogP contribution < -0.4 is 10.5 Å². The van der Waals surface area contributed by atoms with Crippen molar-refractivity contribution >= 4 is 11.6 Å². The average molecular weight is 269 g/mol. The number of benzene rings is 1. The topological polar surface area (TPSA) is 49.0 Å². The maximum Gasteiger partial charge on any atom is 0.433 e. The highest BCUT2D eigenvalue weighted by atomic mass is 19.4. The molecule has 1 aromatic heterocycles. The minimum absolute atomic E-state index is 0.161. The quantitative estimate of drug-likeness (QED) is 0.911. The van der Waals surface area contributed by atoms with E-state index in [-0.39, 0.29) is 5.95 Å². The van der Waals surface area contributed by atoms with Gasteiger partial charge in [-0.3, -0.25) is 9.78 Å². The number of hydrogen-bond acceptors (Lipinski definition) is 3. The molecule has 2 aromatic rings. The Morgan fingerprint density at radius 2 is 1.84 bits per heavy atom. The molecule has 2 rings (SSSR count). The van der Waals surface area contributed by atoms with E-state index in [1.54, 1.807) is 30.3 Å². The van der Waals surface area contributed by atoms with Crippen molar-refractivity contribution in [1.29, 1.82) is 0 Å². The van der Waals surface area contributed by atoms with Crippen LogP contribution in [-0.4, -0.2) is 17.0 Å². The van der Waals surface area contributed by atoms with Gasteiger partial charge in [-0.2, -0.15) is 13.2 Å². The summed E-state index contributed by atoms with van der Waals surface area (Å²) in [6.45, 7) is 0. The zero-order chi connectivity index (χ0) is 14.0. The van der Waals surface area contributed by atoms with Gasteiger partial charge in [-0.05, 0) is 12.1 Å². The average Bonchev–Trinajstić information content (AvgIpc) is 2.37. The lowest BCUT2D eigenvalue weighted by Gasteiger charge is -2.18. The largest absolute Gasteiger partial charge is 0.433 e. The number of anilines is 2. The van der Waals surface area contributed by atoms with Gasteiger partial charge in [0.05, 0.1) is 0 Å². The van der Waals surface area contributed by atoms with Crippen LogP contribution in [0.2, 0.25) is 0 Å². The highest BCUT2D eigenvalue weighted by Crippen LogP contribution is 2.28. The Morgan fingerprint density at radius 1 is 1.21 bits per heavy atom. The molecule has 100 valence electrons. The second kappa shape index (κ2) is 4.75. The van der Waals surface area contributed by atoms with Crippen LogP contribution in [0.4, 0.5) is 24.8 Å². The molecule has 0 aliphatic rings. The number of para-hydroxylation sites is 1. The first-order chi connectivity index (χ1) is 8.88. The lowest BCUT2D eigenvalue weighted by molar-refractivity contribution is -0.141. The van der Waals surface area contributed by atoms with Crippen molar-refractivity contribution in [1.82, 2.24) is 9.97 Å². The van der Waals surface area contributed by atoms with Crippen LogP contribution >= 0.6 is 0 Å². The highest BCUT2D eigenvalue weighted by molar-refractivity contribution is 5.55. The van der Waals surface area contributed by atoms with E-state index in [1.807, 2.05) is 0 Å². The Morgan fingerprint density at radius 3 is 2.42 bits per heavy atom. The first-order valence-corrected chi connectivity index (χ1v) is 5.35. The third-order valence-electron chi connectivity index (χ3n) is 2.48. The van der Waals surface area contributed by atoms with Crippen molar-refractivity contribution in [3.8, 4) is 0 Å². The Bertz CT molecular complexity index is 622. The van der Waals surface area contributed by atoms with Crippen molar-refractivity contribution in [2.45, 2.75) is 6.18 Å². The molecule has 1 aromatic carbocycles. The molecule has 0 amide bonds. The molecule has 0 saturated carbocycles. The maximum absolute atomic E-state index is 12.6. The van der Waals surface area contributed by atoms with E-state index in [2.05, 4.69) is 9.97 Å². The lowest BCUT2D eigenvalue weighted by Crippen LogP contribution is -2.22. The van der Waals surface area contributed by atoms with Crippen LogP contribution in [0, 0.1) is 0 Å². The van der Waals surface area contributed by atoms with E-state index in [9.17, 15) is 18.0 Å². The van der Waals surface area contributed by atoms with Crippen LogP contribution in [0.1, 0.15) is 5.69 Å². The molecule has 0 atom stereocenters. The van der Waals surface area contributed by atoms with E-state index < -0.39 is 17.4 Å². The predicted molar refractivity (Wildman–Crippen MR) is 64.4 cm³/mol. The fraction of sp³-hybridized carbons (Fsp3) is 0.167. The molecule has 1 heterocycles. The molecule has 0 aliphatic heterocycles. The molecule has 0 saturated heterocycles. The Labute approximate surface area is 106 Å². The minimum atomic E-state index is -4.65. The maximum atomic E-state index is 12.6. The second-order valence-corrected chi connectivity index (χ2v) is 3.85. The molecule has 4 nitrogen and oxygen atoms in total. The van der Waals surface area contributed by atoms with Gasteiger partial charge in [-0.25, -0.2) is 4.98 Å². The summed E-state index contributed by atoms with van der Waals surface area (Å²) in [5, 5.41) is 0. The number of nitrogens with zero attached hydrogens (tertiary/aromatic N) is 2. The molecule has 0 aliphatic carbocycles. The van der Waals surface area contributed by atoms with Gasteiger partial charge in [-0.15, -0.1) is 0 Å². The van der Waals surface area contributed by atoms with E-state index >= 15 is 0 Å². The Kier molecular flexibility index (Phi) is 3.28. The summed E-state index contributed by atoms with van der Waals surface area (Å²) >= 11 is 0. The number of halogens is 3. The number of nitrogens with one attached hydrogen (secondary N) is 1. The fourth-order valence-corrected chi connectivity index (χ4v) is 1.52. The number of aromatic nitrogens is 2. The van der Waals surface area contributed by atoms with Crippen molar-refractivity contribution < 1.29 is 13.2 Å². The molecule has 0 fully saturated rings. The summed E-state index contributed by atoms with van der Waals surface area (Å²) in [5.41, 5.74) is -1.45. The first-order valence-electron chi connectivity index (χ1n) is 5.35. The molecular weight excluding hydrogens is 259 g/mol. The third kappa shape index (κ3) is 2.93. The summed E-state index contributed by atoms with van der Waals surface area (Å²) in [4.78, 5) is 18.3. The lowest BCUT2D eigenvalue weighted by atomic mass is 10.3. The molecule has 1 N–H and O–H groups in total. The van der Waals surface area contributed by atoms with E-state index in [4.69, 9.17) is 0 Å². The van der Waals surface area contributed by atoms with Crippen LogP contribution in [0.25, 0.3) is 0 Å². The SMILES string of the molecule is CN(c1ccccc1)c1nc(C(F)(F)F)cc(=O)[nH]1. The molecule has 0 bridgehead atoms. The van der Waals surface area contributed by atoms with Crippen LogP contribution in [-0.2, 0) is 6.18 Å². The molecule has 0 spiro atoms. The zero-order valence-corrected chi connectivity index (χ0v) is 9.90. The standard InChI is InChI=1S/C12H10F3N3O/c1-18(8-5-3-2-4-6-8)11-16-9(12(13,14)15)7-10(19)17-11/h2-7H,1H3,(H,16,17,19). The van der Waals surface area contributed by atoms with E-state index in [0.717, 1.165) is 0 Å². The molecule has 0 unspecified atom stereocenters. The first kappa shape index (κ1) is 13.1. The summed E-state index contributed by atoms with van der Waals surface area (Å²) in [6, 6.07) is 9.07. The summed E-state index contributed by atoms with van der Waals surface area (Å²) in [6.07, 6.45) is -4.65. The number of rotatable bonds is 2. The summed E-state index contributed by atoms with van der Waals surface area (Å²) in [5.74, 6) is -0.161. The van der Waals surface area contributed by atoms with Crippen molar-refractivity contribution in [3.63, 3.8) is 0 Å². The molecule has 7 heteroatoms. The monoisotopic (exact) mass is 269 g/mol. The second-order valence-electron chi connectivity index (χ2n) is 3.85. The molecule has 19 heavy (non-hydrogen) atoms. The van der Waals surface area contributed by atoms with E-state index in [1.165, 1.54) is 11.9 Å². The van der Waals surface area contributed by atoms with Gasteiger partial charge < -0.3 is 4.90 Å². The number of aromatic amines is 1. The van der Waals surface area contributed by atoms with Crippen molar-refractivity contribution in [2.75, 3.05) is 11.9 Å². The Balaban J connectivity index is 2.46. The summed E-state index contributed by atoms with van der Waals surface area (Å²) < 4.78 is 37.7. The van der Waals surface area contributed by atoms with Gasteiger partial charge >= 0.3 is 6.18 Å². The van der Waals surface area contributed by atoms with Crippen LogP contribution in [0.3, 0.4) is 0 Å². The van der Waals surface area contributed by atoms with Gasteiger partial charge in [0.25, 0.3) is 5.56 Å². The van der Waals surface area contributed by atoms with Gasteiger partial charge in [-0.1, -0.05) is 18.2 Å². The van der Waals surface area contributed by atoms with Gasteiger partial charge in [0.15, 0.2) is 5.69 Å². The number of H-pyrrole nitrogens is 1. The smallest absolute Gasteiger partial charge is 0.315 e. The third-order valence-corrected chi connectivity index (χ3v) is 2.48. The summed E-state index contributed by atoms with van der Waals surface area (Å²) in [7, 11) is 1.52. The van der Waals surface area contributed by atoms with Crippen molar-refractivity contribution in [2.24, 2.45) is 0 Å². The van der Waals surface area contributed by atoms with Gasteiger partial charge in [0, 0.05) is 18.8 Å². The number of alkyl halides is 3. The Hall–Kier alpha value is -2.31. The van der Waals surface area contributed by atoms with E-state index in [0.29, 0.717) is 11.8 Å². The van der Waals surface area contributed by atoms with Gasteiger partial charge in [0.2, 0.25) is 5.95 Å². The minimum Gasteiger partial charge on any atom is -0.315 e. The van der Waals surface area contributed by atoms with Crippen molar-refractivity contribution in [3.05, 3.63) is 52.4 Å². The molecular formula is C12H10F3N3O. The molecule has 0 radical (unpaired) electrons. The zero-order valence-electron chi connectivity index (χ0n) is 9.90. The number of hydrogen-bond donors (Lipinski definition) is 1. The predicted octanol–water partition coefficient (Wildman–Crippen LogP) is 2.56. The highest BCUT2D eigenvalue weighted by Gasteiger charge is 2.33. The van der Waals surface area contributed by atoms with Crippen LogP contribution in [0.15, 0.2) is 41.2 Å². The normalized spacial score (nSPS) is 11.4.